The van der Waals surface area contributed by atoms with Crippen molar-refractivity contribution in [3.63, 3.8) is 0 Å². The average molecular weight is 380 g/mol. The molecule has 27 heavy (non-hydrogen) atoms. The Morgan fingerprint density at radius 1 is 1.07 bits per heavy atom. The highest BCUT2D eigenvalue weighted by Gasteiger charge is 2.24. The van der Waals surface area contributed by atoms with Crippen LogP contribution >= 0.6 is 11.6 Å². The SMILES string of the molecule is Clc1ccc(C2Cn3nc(-c4nc(-c5ccccn5)no4)cc3CO2)cc1. The Bertz CT molecular complexity index is 1080. The van der Waals surface area contributed by atoms with Crippen LogP contribution in [0.15, 0.2) is 59.3 Å². The predicted molar refractivity (Wildman–Crippen MR) is 97.7 cm³/mol. The van der Waals surface area contributed by atoms with Gasteiger partial charge >= 0.3 is 0 Å². The Morgan fingerprint density at radius 2 is 1.96 bits per heavy atom. The third-order valence-electron chi connectivity index (χ3n) is 4.42. The molecule has 3 aromatic heterocycles. The molecular formula is C19H14ClN5O2. The van der Waals surface area contributed by atoms with Gasteiger partial charge in [-0.15, -0.1) is 0 Å². The van der Waals surface area contributed by atoms with E-state index in [1.807, 2.05) is 53.2 Å². The summed E-state index contributed by atoms with van der Waals surface area (Å²) < 4.78 is 13.3. The summed E-state index contributed by atoms with van der Waals surface area (Å²) in [6.45, 7) is 1.07. The van der Waals surface area contributed by atoms with E-state index in [0.29, 0.717) is 41.3 Å². The Balaban J connectivity index is 1.40. The zero-order chi connectivity index (χ0) is 18.2. The number of hydrogen-bond donors (Lipinski definition) is 0. The first kappa shape index (κ1) is 16.2. The average Bonchev–Trinajstić information content (AvgIpc) is 3.36. The molecule has 0 saturated carbocycles. The maximum Gasteiger partial charge on any atom is 0.278 e. The van der Waals surface area contributed by atoms with Gasteiger partial charge in [0.05, 0.1) is 18.8 Å². The summed E-state index contributed by atoms with van der Waals surface area (Å²) in [5.74, 6) is 0.799. The molecule has 7 nitrogen and oxygen atoms in total. The van der Waals surface area contributed by atoms with Crippen LogP contribution in [-0.2, 0) is 17.9 Å². The van der Waals surface area contributed by atoms with Crippen LogP contribution in [0.5, 0.6) is 0 Å². The molecule has 4 heterocycles. The maximum atomic E-state index is 5.97. The van der Waals surface area contributed by atoms with Gasteiger partial charge in [0.25, 0.3) is 5.89 Å². The van der Waals surface area contributed by atoms with E-state index in [1.54, 1.807) is 6.20 Å². The number of fused-ring (bicyclic) bond motifs is 1. The first-order valence-electron chi connectivity index (χ1n) is 8.45. The third-order valence-corrected chi connectivity index (χ3v) is 4.67. The molecule has 1 aromatic carbocycles. The molecule has 0 fully saturated rings. The van der Waals surface area contributed by atoms with Gasteiger partial charge in [0.15, 0.2) is 5.69 Å². The Labute approximate surface area is 159 Å². The molecular weight excluding hydrogens is 366 g/mol. The first-order chi connectivity index (χ1) is 13.3. The molecule has 0 spiro atoms. The van der Waals surface area contributed by atoms with Gasteiger partial charge < -0.3 is 9.26 Å². The van der Waals surface area contributed by atoms with Gasteiger partial charge in [0, 0.05) is 11.2 Å². The van der Waals surface area contributed by atoms with E-state index < -0.39 is 0 Å². The van der Waals surface area contributed by atoms with Gasteiger partial charge in [-0.05, 0) is 35.9 Å². The van der Waals surface area contributed by atoms with Crippen molar-refractivity contribution in [3.8, 4) is 23.1 Å². The molecule has 134 valence electrons. The lowest BCUT2D eigenvalue weighted by atomic mass is 10.1. The van der Waals surface area contributed by atoms with Crippen molar-refractivity contribution in [1.29, 1.82) is 0 Å². The van der Waals surface area contributed by atoms with Gasteiger partial charge in [-0.1, -0.05) is 35.0 Å². The van der Waals surface area contributed by atoms with Gasteiger partial charge in [-0.2, -0.15) is 10.1 Å². The molecule has 0 saturated heterocycles. The van der Waals surface area contributed by atoms with Crippen molar-refractivity contribution in [2.45, 2.75) is 19.3 Å². The molecule has 4 aromatic rings. The fraction of sp³-hybridized carbons (Fsp3) is 0.158. The van der Waals surface area contributed by atoms with Crippen LogP contribution < -0.4 is 0 Å². The van der Waals surface area contributed by atoms with Crippen LogP contribution in [0.4, 0.5) is 0 Å². The molecule has 0 aliphatic carbocycles. The van der Waals surface area contributed by atoms with E-state index in [9.17, 15) is 0 Å². The second-order valence-electron chi connectivity index (χ2n) is 6.19. The highest BCUT2D eigenvalue weighted by molar-refractivity contribution is 6.30. The summed E-state index contributed by atoms with van der Waals surface area (Å²) in [7, 11) is 0. The molecule has 0 N–H and O–H groups in total. The van der Waals surface area contributed by atoms with Crippen LogP contribution in [0.2, 0.25) is 5.02 Å². The molecule has 5 rings (SSSR count). The minimum atomic E-state index is -0.0747. The zero-order valence-corrected chi connectivity index (χ0v) is 14.9. The predicted octanol–water partition coefficient (Wildman–Crippen LogP) is 3.92. The first-order valence-corrected chi connectivity index (χ1v) is 8.83. The van der Waals surface area contributed by atoms with Crippen LogP contribution in [0, 0.1) is 0 Å². The van der Waals surface area contributed by atoms with Crippen molar-refractivity contribution in [1.82, 2.24) is 24.9 Å². The summed E-state index contributed by atoms with van der Waals surface area (Å²) in [5.41, 5.74) is 3.31. The van der Waals surface area contributed by atoms with Crippen LogP contribution in [0.3, 0.4) is 0 Å². The lowest BCUT2D eigenvalue weighted by Crippen LogP contribution is -2.21. The smallest absolute Gasteiger partial charge is 0.278 e. The van der Waals surface area contributed by atoms with E-state index in [2.05, 4.69) is 20.2 Å². The summed E-state index contributed by atoms with van der Waals surface area (Å²) in [4.78, 5) is 8.64. The lowest BCUT2D eigenvalue weighted by Gasteiger charge is -2.24. The van der Waals surface area contributed by atoms with Crippen LogP contribution in [-0.4, -0.2) is 24.9 Å². The van der Waals surface area contributed by atoms with Crippen molar-refractivity contribution in [2.24, 2.45) is 0 Å². The number of ether oxygens (including phenoxy) is 1. The van der Waals surface area contributed by atoms with Crippen LogP contribution in [0.25, 0.3) is 23.1 Å². The van der Waals surface area contributed by atoms with E-state index in [-0.39, 0.29) is 6.10 Å². The number of pyridine rings is 1. The fourth-order valence-electron chi connectivity index (χ4n) is 3.04. The van der Waals surface area contributed by atoms with Gasteiger partial charge in [-0.25, -0.2) is 0 Å². The molecule has 0 amide bonds. The summed E-state index contributed by atoms with van der Waals surface area (Å²) in [5, 5.41) is 9.32. The van der Waals surface area contributed by atoms with E-state index in [0.717, 1.165) is 11.3 Å². The number of nitrogens with zero attached hydrogens (tertiary/aromatic N) is 5. The van der Waals surface area contributed by atoms with Gasteiger partial charge in [-0.3, -0.25) is 9.67 Å². The number of hydrogen-bond acceptors (Lipinski definition) is 6. The van der Waals surface area contributed by atoms with Gasteiger partial charge in [0.1, 0.15) is 11.8 Å². The van der Waals surface area contributed by atoms with E-state index in [4.69, 9.17) is 20.9 Å². The monoisotopic (exact) mass is 379 g/mol. The summed E-state index contributed by atoms with van der Waals surface area (Å²) in [6.07, 6.45) is 1.61. The number of benzene rings is 1. The van der Waals surface area contributed by atoms with Gasteiger partial charge in [0.2, 0.25) is 5.82 Å². The highest BCUT2D eigenvalue weighted by Crippen LogP contribution is 2.29. The third kappa shape index (κ3) is 3.11. The fourth-order valence-corrected chi connectivity index (χ4v) is 3.16. The zero-order valence-electron chi connectivity index (χ0n) is 14.1. The second-order valence-corrected chi connectivity index (χ2v) is 6.63. The van der Waals surface area contributed by atoms with Crippen molar-refractivity contribution >= 4 is 11.6 Å². The molecule has 1 atom stereocenters. The van der Waals surface area contributed by atoms with Crippen molar-refractivity contribution in [2.75, 3.05) is 0 Å². The standard InChI is InChI=1S/C19H14ClN5O2/c20-13-6-4-12(5-7-13)17-10-25-14(11-26-17)9-16(23-25)19-22-18(24-27-19)15-3-1-2-8-21-15/h1-9,17H,10-11H2. The minimum Gasteiger partial charge on any atom is -0.365 e. The number of halogens is 1. The molecule has 1 unspecified atom stereocenters. The Kier molecular flexibility index (Phi) is 3.95. The Hall–Kier alpha value is -3.03. The quantitative estimate of drug-likeness (QED) is 0.536. The maximum absolute atomic E-state index is 5.97. The largest absolute Gasteiger partial charge is 0.365 e. The second kappa shape index (κ2) is 6.61. The normalized spacial score (nSPS) is 16.3. The summed E-state index contributed by atoms with van der Waals surface area (Å²) in [6, 6.07) is 15.1. The highest BCUT2D eigenvalue weighted by atomic mass is 35.5. The topological polar surface area (TPSA) is 78.9 Å². The number of rotatable bonds is 3. The molecule has 1 aliphatic heterocycles. The van der Waals surface area contributed by atoms with Crippen molar-refractivity contribution in [3.05, 3.63) is 71.0 Å². The molecule has 8 heteroatoms. The van der Waals surface area contributed by atoms with E-state index >= 15 is 0 Å². The van der Waals surface area contributed by atoms with Crippen molar-refractivity contribution < 1.29 is 9.26 Å². The molecule has 1 aliphatic rings. The van der Waals surface area contributed by atoms with Crippen LogP contribution in [0.1, 0.15) is 17.4 Å². The lowest BCUT2D eigenvalue weighted by molar-refractivity contribution is -0.00112. The molecule has 0 bridgehead atoms. The molecule has 0 radical (unpaired) electrons. The number of aromatic nitrogens is 5. The summed E-state index contributed by atoms with van der Waals surface area (Å²) >= 11 is 5.96. The minimum absolute atomic E-state index is 0.0747. The Morgan fingerprint density at radius 3 is 2.78 bits per heavy atom. The van der Waals surface area contributed by atoms with E-state index in [1.165, 1.54) is 0 Å².